The number of carbonyl (C=O) groups is 2. The molecule has 0 aromatic heterocycles. The van der Waals surface area contributed by atoms with Crippen LogP contribution < -0.4 is 10.6 Å². The van der Waals surface area contributed by atoms with Gasteiger partial charge in [0.1, 0.15) is 5.37 Å². The molecule has 1 aliphatic rings. The number of thioether (sulfide) groups is 1. The lowest BCUT2D eigenvalue weighted by atomic mass is 10.1. The second-order valence-corrected chi connectivity index (χ2v) is 7.21. The van der Waals surface area contributed by atoms with Gasteiger partial charge in [-0.3, -0.25) is 4.79 Å². The minimum Gasteiger partial charge on any atom is -0.422 e. The van der Waals surface area contributed by atoms with Crippen LogP contribution in [-0.4, -0.2) is 23.0 Å². The first-order valence-electron chi connectivity index (χ1n) is 7.17. The van der Waals surface area contributed by atoms with Crippen molar-refractivity contribution in [1.29, 1.82) is 0 Å². The fraction of sp³-hybridized carbons (Fsp3) is 0.467. The molecule has 1 heterocycles. The van der Waals surface area contributed by atoms with Gasteiger partial charge in [-0.15, -0.1) is 0 Å². The Bertz CT molecular complexity index is 651. The minimum atomic E-state index is -4.47. The summed E-state index contributed by atoms with van der Waals surface area (Å²) < 4.78 is 43.6. The maximum Gasteiger partial charge on any atom is 0.416 e. The van der Waals surface area contributed by atoms with Gasteiger partial charge in [0, 0.05) is 6.04 Å². The minimum absolute atomic E-state index is 0.171. The fourth-order valence-corrected chi connectivity index (χ4v) is 3.29. The Morgan fingerprint density at radius 3 is 2.67 bits per heavy atom. The van der Waals surface area contributed by atoms with E-state index >= 15 is 0 Å². The molecule has 0 spiro atoms. The molecule has 1 fully saturated rings. The molecule has 1 aliphatic heterocycles. The van der Waals surface area contributed by atoms with Gasteiger partial charge in [0.05, 0.1) is 5.56 Å². The molecule has 1 aromatic rings. The van der Waals surface area contributed by atoms with Crippen LogP contribution in [0.25, 0.3) is 0 Å². The third-order valence-electron chi connectivity index (χ3n) is 3.23. The van der Waals surface area contributed by atoms with Gasteiger partial charge < -0.3 is 15.4 Å². The number of benzene rings is 1. The molecular formula is C15H17F3N2O3S. The van der Waals surface area contributed by atoms with Crippen molar-refractivity contribution in [2.24, 2.45) is 0 Å². The van der Waals surface area contributed by atoms with E-state index in [0.29, 0.717) is 0 Å². The maximum atomic E-state index is 12.8. The summed E-state index contributed by atoms with van der Waals surface area (Å²) in [5.41, 5.74) is -0.526. The van der Waals surface area contributed by atoms with E-state index in [-0.39, 0.29) is 11.6 Å². The maximum absolute atomic E-state index is 12.8. The van der Waals surface area contributed by atoms with Crippen LogP contribution in [0.3, 0.4) is 0 Å². The first-order valence-corrected chi connectivity index (χ1v) is 8.05. The molecule has 9 heteroatoms. The van der Waals surface area contributed by atoms with Gasteiger partial charge in [-0.2, -0.15) is 13.2 Å². The second-order valence-electron chi connectivity index (χ2n) is 5.73. The van der Waals surface area contributed by atoms with Crippen molar-refractivity contribution in [3.05, 3.63) is 35.4 Å². The van der Waals surface area contributed by atoms with Crippen LogP contribution in [0.2, 0.25) is 0 Å². The van der Waals surface area contributed by atoms with Gasteiger partial charge in [-0.25, -0.2) is 4.79 Å². The van der Waals surface area contributed by atoms with Gasteiger partial charge in [0.2, 0.25) is 4.93 Å². The smallest absolute Gasteiger partial charge is 0.416 e. The van der Waals surface area contributed by atoms with E-state index in [1.807, 2.05) is 0 Å². The van der Waals surface area contributed by atoms with Gasteiger partial charge in [0.15, 0.2) is 0 Å². The third-order valence-corrected chi connectivity index (χ3v) is 4.57. The number of ether oxygens (including phenoxy) is 1. The normalized spacial score (nSPS) is 24.0. The van der Waals surface area contributed by atoms with Crippen molar-refractivity contribution in [2.75, 3.05) is 0 Å². The number of alkyl halides is 3. The molecular weight excluding hydrogens is 345 g/mol. The zero-order chi connectivity index (χ0) is 18.1. The summed E-state index contributed by atoms with van der Waals surface area (Å²) in [7, 11) is 0. The molecule has 5 nitrogen and oxygen atoms in total. The molecule has 24 heavy (non-hydrogen) atoms. The SMILES string of the molecule is CC(C)NC(=O)OC1(C)SC(c2cccc(C(F)(F)F)c2)NC1=O. The molecule has 0 aliphatic carbocycles. The molecule has 132 valence electrons. The number of carbonyl (C=O) groups excluding carboxylic acids is 2. The van der Waals surface area contributed by atoms with E-state index in [1.165, 1.54) is 19.1 Å². The second kappa shape index (κ2) is 6.54. The van der Waals surface area contributed by atoms with Crippen molar-refractivity contribution in [3.63, 3.8) is 0 Å². The zero-order valence-corrected chi connectivity index (χ0v) is 14.0. The summed E-state index contributed by atoms with van der Waals surface area (Å²) in [5, 5.41) is 4.31. The van der Waals surface area contributed by atoms with E-state index in [9.17, 15) is 22.8 Å². The van der Waals surface area contributed by atoms with E-state index < -0.39 is 34.0 Å². The summed E-state index contributed by atoms with van der Waals surface area (Å²) in [4.78, 5) is 22.3. The highest BCUT2D eigenvalue weighted by molar-refractivity contribution is 8.01. The molecule has 2 amide bonds. The Labute approximate surface area is 141 Å². The van der Waals surface area contributed by atoms with Crippen molar-refractivity contribution >= 4 is 23.8 Å². The van der Waals surface area contributed by atoms with Gasteiger partial charge in [-0.05, 0) is 38.5 Å². The quantitative estimate of drug-likeness (QED) is 0.865. The average Bonchev–Trinajstić information content (AvgIpc) is 2.72. The first-order chi connectivity index (χ1) is 11.0. The fourth-order valence-electron chi connectivity index (χ4n) is 2.10. The Morgan fingerprint density at radius 2 is 2.08 bits per heavy atom. The highest BCUT2D eigenvalue weighted by Gasteiger charge is 2.48. The summed E-state index contributed by atoms with van der Waals surface area (Å²) in [6.45, 7) is 4.87. The van der Waals surface area contributed by atoms with Crippen molar-refractivity contribution in [2.45, 2.75) is 43.3 Å². The Morgan fingerprint density at radius 1 is 1.42 bits per heavy atom. The van der Waals surface area contributed by atoms with Crippen LogP contribution in [0.1, 0.15) is 37.3 Å². The van der Waals surface area contributed by atoms with Crippen LogP contribution in [0.5, 0.6) is 0 Å². The molecule has 0 bridgehead atoms. The molecule has 2 atom stereocenters. The Kier molecular flexibility index (Phi) is 5.03. The number of rotatable bonds is 3. The zero-order valence-electron chi connectivity index (χ0n) is 13.2. The molecule has 0 saturated carbocycles. The summed E-state index contributed by atoms with van der Waals surface area (Å²) in [6, 6.07) is 4.50. The molecule has 1 aromatic carbocycles. The van der Waals surface area contributed by atoms with Crippen LogP contribution in [0.15, 0.2) is 24.3 Å². The number of hydrogen-bond acceptors (Lipinski definition) is 4. The number of halogens is 3. The third kappa shape index (κ3) is 4.14. The monoisotopic (exact) mass is 362 g/mol. The number of alkyl carbamates (subject to hydrolysis) is 1. The van der Waals surface area contributed by atoms with Gasteiger partial charge in [-0.1, -0.05) is 23.9 Å². The predicted molar refractivity (Wildman–Crippen MR) is 83.1 cm³/mol. The molecule has 1 saturated heterocycles. The van der Waals surface area contributed by atoms with E-state index in [2.05, 4.69) is 10.6 Å². The first kappa shape index (κ1) is 18.4. The standard InChI is InChI=1S/C15H17F3N2O3S/c1-8(2)19-13(22)23-14(3)12(21)20-11(24-14)9-5-4-6-10(7-9)15(16,17)18/h4-8,11H,1-3H3,(H,19,22)(H,20,21). The van der Waals surface area contributed by atoms with Crippen molar-refractivity contribution in [3.8, 4) is 0 Å². The van der Waals surface area contributed by atoms with Crippen LogP contribution >= 0.6 is 11.8 Å². The number of amides is 2. The summed E-state index contributed by atoms with van der Waals surface area (Å²) in [6.07, 6.45) is -5.24. The lowest BCUT2D eigenvalue weighted by Gasteiger charge is -2.21. The van der Waals surface area contributed by atoms with E-state index in [0.717, 1.165) is 23.9 Å². The summed E-state index contributed by atoms with van der Waals surface area (Å²) >= 11 is 0.938. The van der Waals surface area contributed by atoms with Crippen LogP contribution in [-0.2, 0) is 15.7 Å². The Hall–Kier alpha value is -1.90. The van der Waals surface area contributed by atoms with Crippen molar-refractivity contribution in [1.82, 2.24) is 10.6 Å². The predicted octanol–water partition coefficient (Wildman–Crippen LogP) is 3.42. The van der Waals surface area contributed by atoms with E-state index in [1.54, 1.807) is 13.8 Å². The lowest BCUT2D eigenvalue weighted by Crippen LogP contribution is -2.42. The van der Waals surface area contributed by atoms with Gasteiger partial charge >= 0.3 is 12.3 Å². The molecule has 2 N–H and O–H groups in total. The van der Waals surface area contributed by atoms with E-state index in [4.69, 9.17) is 4.74 Å². The highest BCUT2D eigenvalue weighted by atomic mass is 32.2. The van der Waals surface area contributed by atoms with Crippen LogP contribution in [0, 0.1) is 0 Å². The largest absolute Gasteiger partial charge is 0.422 e. The molecule has 0 radical (unpaired) electrons. The molecule has 2 rings (SSSR count). The highest BCUT2D eigenvalue weighted by Crippen LogP contribution is 2.44. The lowest BCUT2D eigenvalue weighted by molar-refractivity contribution is -0.137. The average molecular weight is 362 g/mol. The Balaban J connectivity index is 2.16. The van der Waals surface area contributed by atoms with Crippen LogP contribution in [0.4, 0.5) is 18.0 Å². The topological polar surface area (TPSA) is 67.4 Å². The number of nitrogens with one attached hydrogen (secondary N) is 2. The van der Waals surface area contributed by atoms with Crippen molar-refractivity contribution < 1.29 is 27.5 Å². The molecule has 2 unspecified atom stereocenters. The number of hydrogen-bond donors (Lipinski definition) is 2. The van der Waals surface area contributed by atoms with Gasteiger partial charge in [0.25, 0.3) is 5.91 Å². The summed E-state index contributed by atoms with van der Waals surface area (Å²) in [5.74, 6) is -0.575.